The Hall–Kier alpha value is -3.61. The molecule has 12 heteroatoms. The lowest BCUT2D eigenvalue weighted by Gasteiger charge is -2.11. The number of nitrogens with two attached hydrogens (primary N) is 1. The second kappa shape index (κ2) is 12.9. The Bertz CT molecular complexity index is 1750. The summed E-state index contributed by atoms with van der Waals surface area (Å²) in [7, 11) is -4.02. The van der Waals surface area contributed by atoms with E-state index in [4.69, 9.17) is 5.14 Å². The van der Waals surface area contributed by atoms with E-state index < -0.39 is 21.5 Å². The maximum Gasteiger partial charge on any atom is 0.351 e. The number of anilines is 1. The maximum atomic E-state index is 15.4. The second-order valence-electron chi connectivity index (χ2n) is 9.61. The minimum Gasteiger partial charge on any atom is -0.326 e. The van der Waals surface area contributed by atoms with Crippen molar-refractivity contribution in [1.29, 1.82) is 0 Å². The third-order valence-corrected chi connectivity index (χ3v) is 8.15. The molecule has 0 atom stereocenters. The normalized spacial score (nSPS) is 11.5. The van der Waals surface area contributed by atoms with Crippen molar-refractivity contribution in [3.05, 3.63) is 92.8 Å². The van der Waals surface area contributed by atoms with E-state index in [1.165, 1.54) is 27.4 Å². The molecule has 3 N–H and O–H groups in total. The van der Waals surface area contributed by atoms with Gasteiger partial charge in [0.15, 0.2) is 0 Å². The molecule has 0 unspecified atom stereocenters. The summed E-state index contributed by atoms with van der Waals surface area (Å²) < 4.78 is 42.7. The first kappa shape index (κ1) is 30.4. The smallest absolute Gasteiger partial charge is 0.326 e. The molecule has 0 aliphatic rings. The van der Waals surface area contributed by atoms with Crippen LogP contribution in [0.3, 0.4) is 0 Å². The van der Waals surface area contributed by atoms with Crippen molar-refractivity contribution in [2.75, 3.05) is 5.32 Å². The molecule has 0 saturated carbocycles. The molecule has 3 aromatic carbocycles. The summed E-state index contributed by atoms with van der Waals surface area (Å²) >= 11 is 3.48. The number of aromatic nitrogens is 3. The van der Waals surface area contributed by atoms with Gasteiger partial charge in [-0.2, -0.15) is 4.68 Å². The summed E-state index contributed by atoms with van der Waals surface area (Å²) in [4.78, 5) is 25.7. The number of amides is 1. The third kappa shape index (κ3) is 7.00. The van der Waals surface area contributed by atoms with Crippen LogP contribution in [0.1, 0.15) is 50.9 Å². The molecule has 0 spiro atoms. The highest BCUT2D eigenvalue weighted by Crippen LogP contribution is 2.29. The number of primary sulfonamides is 1. The van der Waals surface area contributed by atoms with Gasteiger partial charge in [-0.25, -0.2) is 22.7 Å². The van der Waals surface area contributed by atoms with Gasteiger partial charge < -0.3 is 5.32 Å². The van der Waals surface area contributed by atoms with Crippen molar-refractivity contribution < 1.29 is 17.6 Å². The van der Waals surface area contributed by atoms with Crippen LogP contribution in [0.15, 0.2) is 74.8 Å². The van der Waals surface area contributed by atoms with E-state index in [1.54, 1.807) is 42.5 Å². The molecule has 4 aromatic rings. The van der Waals surface area contributed by atoms with Gasteiger partial charge >= 0.3 is 5.69 Å². The minimum absolute atomic E-state index is 0.0812. The molecule has 0 fully saturated rings. The molecule has 0 saturated heterocycles. The van der Waals surface area contributed by atoms with Gasteiger partial charge in [0.1, 0.15) is 11.6 Å². The average molecular weight is 645 g/mol. The van der Waals surface area contributed by atoms with Crippen LogP contribution in [0.5, 0.6) is 0 Å². The number of halogens is 2. The predicted molar refractivity (Wildman–Crippen MR) is 160 cm³/mol. The number of rotatable bonds is 11. The van der Waals surface area contributed by atoms with Crippen LogP contribution in [0.4, 0.5) is 10.1 Å². The summed E-state index contributed by atoms with van der Waals surface area (Å²) in [5, 5.41) is 12.8. The number of carbonyl (C=O) groups excluding carboxylic acids is 1. The molecule has 0 aliphatic carbocycles. The second-order valence-corrected chi connectivity index (χ2v) is 12.0. The zero-order valence-corrected chi connectivity index (χ0v) is 25.1. The molecule has 9 nitrogen and oxygen atoms in total. The number of unbranched alkanes of at least 4 members (excludes halogenated alkanes) is 1. The Kier molecular flexibility index (Phi) is 9.57. The van der Waals surface area contributed by atoms with Crippen LogP contribution in [-0.4, -0.2) is 28.7 Å². The zero-order valence-electron chi connectivity index (χ0n) is 22.7. The van der Waals surface area contributed by atoms with Crippen LogP contribution < -0.4 is 16.1 Å². The summed E-state index contributed by atoms with van der Waals surface area (Å²) in [6, 6.07) is 15.6. The van der Waals surface area contributed by atoms with Crippen molar-refractivity contribution in [1.82, 2.24) is 14.3 Å². The number of nitrogens with one attached hydrogen (secondary N) is 1. The number of benzene rings is 3. The molecular weight excluding hydrogens is 613 g/mol. The van der Waals surface area contributed by atoms with Gasteiger partial charge in [-0.05, 0) is 64.7 Å². The quantitative estimate of drug-likeness (QED) is 0.227. The fourth-order valence-electron chi connectivity index (χ4n) is 4.44. The van der Waals surface area contributed by atoms with Gasteiger partial charge in [0, 0.05) is 34.1 Å². The molecule has 1 aromatic heterocycles. The molecule has 216 valence electrons. The first-order valence-corrected chi connectivity index (χ1v) is 15.6. The summed E-state index contributed by atoms with van der Waals surface area (Å²) in [6.07, 6.45) is 3.26. The largest absolute Gasteiger partial charge is 0.351 e. The van der Waals surface area contributed by atoms with Gasteiger partial charge in [-0.15, -0.1) is 5.10 Å². The molecule has 0 aliphatic heterocycles. The van der Waals surface area contributed by atoms with E-state index in [-0.39, 0.29) is 28.5 Å². The zero-order chi connectivity index (χ0) is 29.7. The van der Waals surface area contributed by atoms with E-state index in [1.807, 2.05) is 13.8 Å². The van der Waals surface area contributed by atoms with E-state index in [2.05, 4.69) is 26.3 Å². The van der Waals surface area contributed by atoms with Gasteiger partial charge in [-0.3, -0.25) is 9.36 Å². The number of hydrogen-bond acceptors (Lipinski definition) is 5. The fraction of sp³-hybridized carbons (Fsp3) is 0.276. The van der Waals surface area contributed by atoms with Gasteiger partial charge in [-0.1, -0.05) is 50.6 Å². The van der Waals surface area contributed by atoms with Crippen LogP contribution in [0, 0.1) is 5.82 Å². The molecular formula is C29H31BrFN5O4S. The minimum atomic E-state index is -4.02. The van der Waals surface area contributed by atoms with Crippen LogP contribution in [0.2, 0.25) is 0 Å². The first-order chi connectivity index (χ1) is 19.5. The summed E-state index contributed by atoms with van der Waals surface area (Å²) in [6.45, 7) is 3.88. The standard InChI is InChI=1S/C29H31BrFN5O4S/c1-3-5-11-28(37)33-21-14-15-23(30)25(17-21)36-29(38)35(27(34-36)8-4-2)18-20-13-12-19(16-24(20)31)22-9-6-7-10-26(22)41(32,39)40/h6-7,9-10,12-17H,3-5,8,11,18H2,1-2H3,(H,33,37)(H2,32,39,40). The average Bonchev–Trinajstić information content (AvgIpc) is 3.23. The maximum absolute atomic E-state index is 15.4. The van der Waals surface area contributed by atoms with Gasteiger partial charge in [0.2, 0.25) is 15.9 Å². The number of aryl methyl sites for hydroxylation is 1. The van der Waals surface area contributed by atoms with E-state index in [9.17, 15) is 18.0 Å². The number of nitrogens with zero attached hydrogens (tertiary/aromatic N) is 3. The molecule has 1 amide bonds. The third-order valence-electron chi connectivity index (χ3n) is 6.51. The number of sulfonamides is 1. The molecule has 4 rings (SSSR count). The lowest BCUT2D eigenvalue weighted by molar-refractivity contribution is -0.116. The molecule has 0 bridgehead atoms. The van der Waals surface area contributed by atoms with Crippen LogP contribution >= 0.6 is 15.9 Å². The Labute approximate surface area is 246 Å². The fourth-order valence-corrected chi connectivity index (χ4v) is 5.62. The molecule has 41 heavy (non-hydrogen) atoms. The number of carbonyl (C=O) groups is 1. The van der Waals surface area contributed by atoms with E-state index in [0.717, 1.165) is 12.8 Å². The Morgan fingerprint density at radius 3 is 2.51 bits per heavy atom. The molecule has 0 radical (unpaired) electrons. The van der Waals surface area contributed by atoms with Gasteiger partial charge in [0.25, 0.3) is 0 Å². The Morgan fingerprint density at radius 2 is 1.83 bits per heavy atom. The van der Waals surface area contributed by atoms with Crippen molar-refractivity contribution in [3.8, 4) is 16.8 Å². The van der Waals surface area contributed by atoms with Gasteiger partial charge in [0.05, 0.1) is 17.1 Å². The highest BCUT2D eigenvalue weighted by atomic mass is 79.9. The van der Waals surface area contributed by atoms with E-state index >= 15 is 4.39 Å². The lowest BCUT2D eigenvalue weighted by Crippen LogP contribution is -2.25. The SMILES string of the molecule is CCCCC(=O)Nc1ccc(Br)c(-n2nc(CCC)n(Cc3ccc(-c4ccccc4S(N)(=O)=O)cc3F)c2=O)c1. The summed E-state index contributed by atoms with van der Waals surface area (Å²) in [5.74, 6) is -0.244. The number of hydrogen-bond donors (Lipinski definition) is 2. The van der Waals surface area contributed by atoms with Crippen molar-refractivity contribution in [2.45, 2.75) is 57.4 Å². The predicted octanol–water partition coefficient (Wildman–Crippen LogP) is 5.38. The topological polar surface area (TPSA) is 129 Å². The lowest BCUT2D eigenvalue weighted by atomic mass is 10.0. The van der Waals surface area contributed by atoms with Crippen molar-refractivity contribution >= 4 is 37.5 Å². The Morgan fingerprint density at radius 1 is 1.07 bits per heavy atom. The Balaban J connectivity index is 1.70. The highest BCUT2D eigenvalue weighted by molar-refractivity contribution is 9.10. The van der Waals surface area contributed by atoms with Crippen LogP contribution in [-0.2, 0) is 27.8 Å². The highest BCUT2D eigenvalue weighted by Gasteiger charge is 2.20. The first-order valence-electron chi connectivity index (χ1n) is 13.2. The van der Waals surface area contributed by atoms with Crippen LogP contribution in [0.25, 0.3) is 16.8 Å². The monoisotopic (exact) mass is 643 g/mol. The van der Waals surface area contributed by atoms with E-state index in [0.29, 0.717) is 46.5 Å². The van der Waals surface area contributed by atoms with Crippen molar-refractivity contribution in [2.24, 2.45) is 5.14 Å². The van der Waals surface area contributed by atoms with Crippen molar-refractivity contribution in [3.63, 3.8) is 0 Å². The summed E-state index contributed by atoms with van der Waals surface area (Å²) in [5.41, 5.74) is 1.36. The molecule has 1 heterocycles.